The highest BCUT2D eigenvalue weighted by Gasteiger charge is 2.42. The van der Waals surface area contributed by atoms with Crippen molar-refractivity contribution < 1.29 is 30.7 Å². The second-order valence-electron chi connectivity index (χ2n) is 1.33. The van der Waals surface area contributed by atoms with Crippen LogP contribution in [-0.4, -0.2) is 35.1 Å². The molecule has 0 aliphatic heterocycles. The zero-order valence-corrected chi connectivity index (χ0v) is 6.42. The van der Waals surface area contributed by atoms with Gasteiger partial charge in [0.15, 0.2) is 0 Å². The standard InChI is InChI=1S/CH2N2O6S2/c2-3-1(10(4,5)6)11(7,8)9/h2H,(H-,4,5,6,7,8,9)/p+1. The van der Waals surface area contributed by atoms with Gasteiger partial charge >= 0.3 is 24.6 Å². The Morgan fingerprint density at radius 2 is 1.36 bits per heavy atom. The molecule has 3 N–H and O–H groups in total. The van der Waals surface area contributed by atoms with E-state index in [1.165, 1.54) is 0 Å². The normalized spacial score (nSPS) is 12.2. The quantitative estimate of drug-likeness (QED) is 0.141. The van der Waals surface area contributed by atoms with Gasteiger partial charge in [-0.3, -0.25) is 9.11 Å². The Bertz CT molecular complexity index is 360. The monoisotopic (exact) mass is 203 g/mol. The molecule has 0 spiro atoms. The highest BCUT2D eigenvalue weighted by molar-refractivity contribution is 8.26. The lowest BCUT2D eigenvalue weighted by atomic mass is 11.7. The second kappa shape index (κ2) is 2.68. The van der Waals surface area contributed by atoms with Gasteiger partial charge in [-0.25, -0.2) is 0 Å². The molecule has 0 heterocycles. The number of nitrogens with zero attached hydrogens (tertiary/aromatic N) is 1. The average molecular weight is 203 g/mol. The van der Waals surface area contributed by atoms with Crippen molar-refractivity contribution in [1.29, 1.82) is 5.53 Å². The highest BCUT2D eigenvalue weighted by Crippen LogP contribution is 1.93. The van der Waals surface area contributed by atoms with Crippen molar-refractivity contribution in [2.24, 2.45) is 0 Å². The van der Waals surface area contributed by atoms with Crippen molar-refractivity contribution in [2.45, 2.75) is 0 Å². The summed E-state index contributed by atoms with van der Waals surface area (Å²) in [6.45, 7) is 0. The van der Waals surface area contributed by atoms with Crippen LogP contribution in [0.3, 0.4) is 0 Å². The van der Waals surface area contributed by atoms with Gasteiger partial charge in [-0.05, 0) is 0 Å². The van der Waals surface area contributed by atoms with Gasteiger partial charge in [0.1, 0.15) is 0 Å². The topological polar surface area (TPSA) is 147 Å². The largest absolute Gasteiger partial charge is 0.595 e. The van der Waals surface area contributed by atoms with Crippen LogP contribution in [0.15, 0.2) is 0 Å². The first-order valence-electron chi connectivity index (χ1n) is 1.89. The van der Waals surface area contributed by atoms with Gasteiger partial charge in [0, 0.05) is 0 Å². The maximum absolute atomic E-state index is 9.97. The molecular formula is CH3N2O6S2+. The Kier molecular flexibility index (Phi) is 2.48. The number of hydrogen-bond acceptors (Lipinski definition) is 5. The molecule has 8 nitrogen and oxygen atoms in total. The minimum absolute atomic E-state index is 1.92. The Morgan fingerprint density at radius 3 is 1.36 bits per heavy atom. The maximum atomic E-state index is 9.97. The molecule has 64 valence electrons. The second-order valence-corrected chi connectivity index (χ2v) is 4.26. The lowest BCUT2D eigenvalue weighted by Crippen LogP contribution is -2.24. The summed E-state index contributed by atoms with van der Waals surface area (Å²) >= 11 is 0. The van der Waals surface area contributed by atoms with Crippen LogP contribution in [0.5, 0.6) is 0 Å². The summed E-state index contributed by atoms with van der Waals surface area (Å²) in [5.74, 6) is 0. The van der Waals surface area contributed by atoms with E-state index in [4.69, 9.17) is 14.6 Å². The summed E-state index contributed by atoms with van der Waals surface area (Å²) < 4.78 is 53.9. The molecule has 0 aromatic carbocycles. The van der Waals surface area contributed by atoms with Crippen molar-refractivity contribution >= 4 is 24.6 Å². The molecule has 0 saturated carbocycles. The average Bonchev–Trinajstić information content (AvgIpc) is 1.56. The zero-order chi connectivity index (χ0) is 9.28. The molecule has 0 rings (SSSR count). The molecule has 0 fully saturated rings. The van der Waals surface area contributed by atoms with Crippen LogP contribution in [-0.2, 0) is 20.2 Å². The minimum atomic E-state index is -5.15. The van der Waals surface area contributed by atoms with Crippen LogP contribution in [0, 0.1) is 5.53 Å². The van der Waals surface area contributed by atoms with Crippen molar-refractivity contribution in [1.82, 2.24) is 0 Å². The lowest BCUT2D eigenvalue weighted by molar-refractivity contribution is -0.112. The van der Waals surface area contributed by atoms with E-state index in [9.17, 15) is 16.8 Å². The molecule has 0 aliphatic carbocycles. The van der Waals surface area contributed by atoms with E-state index < -0.39 is 24.6 Å². The Hall–Kier alpha value is -0.800. The van der Waals surface area contributed by atoms with Gasteiger partial charge in [0.2, 0.25) is 0 Å². The minimum Gasteiger partial charge on any atom is -0.276 e. The molecule has 0 unspecified atom stereocenters. The van der Waals surface area contributed by atoms with E-state index in [0.29, 0.717) is 0 Å². The fraction of sp³-hybridized carbons (Fsp3) is 0. The predicted molar refractivity (Wildman–Crippen MR) is 31.1 cm³/mol. The van der Waals surface area contributed by atoms with Gasteiger partial charge in [0.25, 0.3) is 0 Å². The van der Waals surface area contributed by atoms with E-state index in [2.05, 4.69) is 0 Å². The Balaban J connectivity index is 5.65. The number of nitrogens with one attached hydrogen (secondary N) is 1. The van der Waals surface area contributed by atoms with Crippen molar-refractivity contribution in [3.8, 4) is 0 Å². The lowest BCUT2D eigenvalue weighted by Gasteiger charge is -1.82. The smallest absolute Gasteiger partial charge is 0.276 e. The summed E-state index contributed by atoms with van der Waals surface area (Å²) in [5.41, 5.74) is 5.98. The van der Waals surface area contributed by atoms with Gasteiger partial charge in [-0.2, -0.15) is 16.8 Å². The van der Waals surface area contributed by atoms with Crippen molar-refractivity contribution in [3.63, 3.8) is 0 Å². The van der Waals surface area contributed by atoms with Gasteiger partial charge in [-0.1, -0.05) is 0 Å². The SMILES string of the molecule is N=[N+]=C(S(=O)(=O)O)S(=O)(=O)O. The van der Waals surface area contributed by atoms with Crippen molar-refractivity contribution in [3.05, 3.63) is 0 Å². The van der Waals surface area contributed by atoms with E-state index >= 15 is 0 Å². The Labute approximate surface area is 61.6 Å². The van der Waals surface area contributed by atoms with E-state index in [0.717, 1.165) is 0 Å². The molecule has 11 heavy (non-hydrogen) atoms. The molecule has 0 amide bonds. The summed E-state index contributed by atoms with van der Waals surface area (Å²) in [6.07, 6.45) is 0. The molecule has 0 bridgehead atoms. The summed E-state index contributed by atoms with van der Waals surface area (Å²) in [7, 11) is -10.3. The molecule has 0 atom stereocenters. The van der Waals surface area contributed by atoms with Gasteiger partial charge < -0.3 is 0 Å². The van der Waals surface area contributed by atoms with Crippen LogP contribution >= 0.6 is 0 Å². The fourth-order valence-electron chi connectivity index (χ4n) is 0.248. The highest BCUT2D eigenvalue weighted by atomic mass is 32.3. The molecule has 0 aromatic heterocycles. The first-order valence-corrected chi connectivity index (χ1v) is 4.77. The first-order chi connectivity index (χ1) is 4.69. The molecule has 10 heteroatoms. The third-order valence-corrected chi connectivity index (χ3v) is 2.86. The molecule has 0 radical (unpaired) electrons. The fourth-order valence-corrected chi connectivity index (χ4v) is 1.54. The van der Waals surface area contributed by atoms with Crippen LogP contribution in [0.25, 0.3) is 0 Å². The summed E-state index contributed by atoms with van der Waals surface area (Å²) in [6, 6.07) is 0. The van der Waals surface area contributed by atoms with Crippen LogP contribution < -0.4 is 0 Å². The number of hydrogen-bond donors (Lipinski definition) is 3. The summed E-state index contributed by atoms with van der Waals surface area (Å²) in [4.78, 5) is 1.92. The molecule has 0 saturated heterocycles. The predicted octanol–water partition coefficient (Wildman–Crippen LogP) is -1.64. The molecular weight excluding hydrogens is 200 g/mol. The van der Waals surface area contributed by atoms with Gasteiger partial charge in [0.05, 0.1) is 10.3 Å². The van der Waals surface area contributed by atoms with E-state index in [1.807, 2.05) is 4.79 Å². The third kappa shape index (κ3) is 2.74. The van der Waals surface area contributed by atoms with Gasteiger partial charge in [-0.15, -0.1) is 0 Å². The van der Waals surface area contributed by atoms with Crippen LogP contribution in [0.4, 0.5) is 0 Å². The Morgan fingerprint density at radius 1 is 1.09 bits per heavy atom. The molecule has 0 aliphatic rings. The zero-order valence-electron chi connectivity index (χ0n) is 4.79. The van der Waals surface area contributed by atoms with E-state index in [1.54, 1.807) is 0 Å². The molecule has 0 aromatic rings. The maximum Gasteiger partial charge on any atom is 0.595 e. The van der Waals surface area contributed by atoms with Crippen molar-refractivity contribution in [2.75, 3.05) is 0 Å². The summed E-state index contributed by atoms with van der Waals surface area (Å²) in [5, 5.41) is 0. The first kappa shape index (κ1) is 10.2. The number of rotatable bonds is 0. The third-order valence-electron chi connectivity index (χ3n) is 0.533. The van der Waals surface area contributed by atoms with Crippen LogP contribution in [0.2, 0.25) is 0 Å². The van der Waals surface area contributed by atoms with E-state index in [-0.39, 0.29) is 0 Å². The van der Waals surface area contributed by atoms with Crippen LogP contribution in [0.1, 0.15) is 0 Å².